The normalized spacial score (nSPS) is 9.71. The molecule has 0 amide bonds. The Labute approximate surface area is 107 Å². The van der Waals surface area contributed by atoms with Crippen LogP contribution in [-0.2, 0) is 4.79 Å². The smallest absolute Gasteiger partial charge is 0.119 e. The van der Waals surface area contributed by atoms with E-state index < -0.39 is 0 Å². The van der Waals surface area contributed by atoms with Crippen LogP contribution in [0.5, 0.6) is 0 Å². The maximum absolute atomic E-state index is 10.1. The summed E-state index contributed by atoms with van der Waals surface area (Å²) in [6.45, 7) is 2.24. The molecule has 1 heteroatoms. The summed E-state index contributed by atoms with van der Waals surface area (Å²) < 4.78 is 0. The predicted molar refractivity (Wildman–Crippen MR) is 74.9 cm³/mol. The second kappa shape index (κ2) is 15.2. The molecule has 0 unspecified atom stereocenters. The summed E-state index contributed by atoms with van der Waals surface area (Å²) in [6.07, 6.45) is 15.2. The van der Waals surface area contributed by atoms with Gasteiger partial charge in [0.1, 0.15) is 6.29 Å². The maximum atomic E-state index is 10.1. The Morgan fingerprint density at radius 3 is 1.88 bits per heavy atom. The van der Waals surface area contributed by atoms with Gasteiger partial charge in [-0.15, -0.1) is 11.8 Å². The van der Waals surface area contributed by atoms with Crippen molar-refractivity contribution in [1.29, 1.82) is 0 Å². The lowest BCUT2D eigenvalue weighted by Gasteiger charge is -1.96. The van der Waals surface area contributed by atoms with Gasteiger partial charge in [-0.2, -0.15) is 0 Å². The largest absolute Gasteiger partial charge is 0.303 e. The lowest BCUT2D eigenvalue weighted by molar-refractivity contribution is -0.107. The van der Waals surface area contributed by atoms with Gasteiger partial charge in [0.05, 0.1) is 0 Å². The molecule has 17 heavy (non-hydrogen) atoms. The molecule has 0 fully saturated rings. The number of unbranched alkanes of at least 4 members (excludes halogenated alkanes) is 10. The fraction of sp³-hybridized carbons (Fsp3) is 0.812. The van der Waals surface area contributed by atoms with E-state index in [4.69, 9.17) is 0 Å². The second-order valence-electron chi connectivity index (χ2n) is 4.64. The third-order valence-corrected chi connectivity index (χ3v) is 2.90. The van der Waals surface area contributed by atoms with E-state index in [0.717, 1.165) is 32.0 Å². The van der Waals surface area contributed by atoms with E-state index in [1.807, 2.05) is 0 Å². The fourth-order valence-electron chi connectivity index (χ4n) is 1.79. The fourth-order valence-corrected chi connectivity index (χ4v) is 1.79. The summed E-state index contributed by atoms with van der Waals surface area (Å²) in [4.78, 5) is 10.1. The third-order valence-electron chi connectivity index (χ3n) is 2.90. The maximum Gasteiger partial charge on any atom is 0.119 e. The summed E-state index contributed by atoms with van der Waals surface area (Å²) >= 11 is 0. The highest BCUT2D eigenvalue weighted by Gasteiger charge is 1.89. The average Bonchev–Trinajstić information content (AvgIpc) is 2.35. The molecular formula is C16H28O. The van der Waals surface area contributed by atoms with Gasteiger partial charge in [-0.1, -0.05) is 45.4 Å². The van der Waals surface area contributed by atoms with Gasteiger partial charge in [0, 0.05) is 19.3 Å². The highest BCUT2D eigenvalue weighted by atomic mass is 16.1. The summed E-state index contributed by atoms with van der Waals surface area (Å²) in [5, 5.41) is 0. The molecule has 0 atom stereocenters. The van der Waals surface area contributed by atoms with Crippen LogP contribution in [0.2, 0.25) is 0 Å². The monoisotopic (exact) mass is 236 g/mol. The van der Waals surface area contributed by atoms with Crippen LogP contribution >= 0.6 is 0 Å². The highest BCUT2D eigenvalue weighted by molar-refractivity contribution is 5.48. The van der Waals surface area contributed by atoms with E-state index in [2.05, 4.69) is 18.8 Å². The minimum Gasteiger partial charge on any atom is -0.303 e. The molecule has 0 radical (unpaired) electrons. The van der Waals surface area contributed by atoms with Crippen LogP contribution in [-0.4, -0.2) is 6.29 Å². The van der Waals surface area contributed by atoms with Crippen LogP contribution in [0.4, 0.5) is 0 Å². The van der Waals surface area contributed by atoms with Gasteiger partial charge in [0.2, 0.25) is 0 Å². The van der Waals surface area contributed by atoms with E-state index >= 15 is 0 Å². The number of carbonyl (C=O) groups excluding carboxylic acids is 1. The molecule has 0 spiro atoms. The first-order valence-electron chi connectivity index (χ1n) is 7.31. The zero-order valence-electron chi connectivity index (χ0n) is 11.5. The molecular weight excluding hydrogens is 208 g/mol. The van der Waals surface area contributed by atoms with Crippen LogP contribution in [0, 0.1) is 11.8 Å². The molecule has 0 aromatic heterocycles. The first kappa shape index (κ1) is 16.2. The minimum atomic E-state index is 0.734. The number of hydrogen-bond donors (Lipinski definition) is 0. The molecule has 0 aromatic rings. The molecule has 0 N–H and O–H groups in total. The Hall–Kier alpha value is -0.770. The minimum absolute atomic E-state index is 0.734. The van der Waals surface area contributed by atoms with Gasteiger partial charge in [0.25, 0.3) is 0 Å². The topological polar surface area (TPSA) is 17.1 Å². The lowest BCUT2D eigenvalue weighted by Crippen LogP contribution is -1.80. The Balaban J connectivity index is 3.06. The average molecular weight is 236 g/mol. The standard InChI is InChI=1S/C16H28O/c1-2-3-4-5-6-7-8-9-10-11-12-13-14-15-16-17/h16H,2-6,9-15H2,1H3. The van der Waals surface area contributed by atoms with Crippen molar-refractivity contribution in [3.05, 3.63) is 0 Å². The molecule has 0 saturated heterocycles. The van der Waals surface area contributed by atoms with Crippen LogP contribution < -0.4 is 0 Å². The van der Waals surface area contributed by atoms with Gasteiger partial charge < -0.3 is 4.79 Å². The zero-order chi connectivity index (χ0) is 12.6. The summed E-state index contributed by atoms with van der Waals surface area (Å²) in [5.41, 5.74) is 0. The first-order valence-corrected chi connectivity index (χ1v) is 7.31. The van der Waals surface area contributed by atoms with Crippen molar-refractivity contribution in [2.24, 2.45) is 0 Å². The quantitative estimate of drug-likeness (QED) is 0.283. The highest BCUT2D eigenvalue weighted by Crippen LogP contribution is 2.06. The van der Waals surface area contributed by atoms with Gasteiger partial charge in [-0.25, -0.2) is 0 Å². The number of aldehydes is 1. The molecule has 98 valence electrons. The van der Waals surface area contributed by atoms with Crippen molar-refractivity contribution in [1.82, 2.24) is 0 Å². The Morgan fingerprint density at radius 2 is 1.29 bits per heavy atom. The van der Waals surface area contributed by atoms with Gasteiger partial charge in [0.15, 0.2) is 0 Å². The lowest BCUT2D eigenvalue weighted by atomic mass is 10.1. The van der Waals surface area contributed by atoms with E-state index in [1.165, 1.54) is 51.4 Å². The molecule has 0 bridgehead atoms. The van der Waals surface area contributed by atoms with Crippen molar-refractivity contribution in [3.8, 4) is 11.8 Å². The molecule has 0 aromatic carbocycles. The van der Waals surface area contributed by atoms with Gasteiger partial charge in [-0.3, -0.25) is 0 Å². The van der Waals surface area contributed by atoms with Crippen LogP contribution in [0.25, 0.3) is 0 Å². The van der Waals surface area contributed by atoms with E-state index in [-0.39, 0.29) is 0 Å². The van der Waals surface area contributed by atoms with Crippen molar-refractivity contribution < 1.29 is 4.79 Å². The van der Waals surface area contributed by atoms with Crippen LogP contribution in [0.3, 0.4) is 0 Å². The van der Waals surface area contributed by atoms with Crippen LogP contribution in [0.1, 0.15) is 84.0 Å². The predicted octanol–water partition coefficient (Wildman–Crippen LogP) is 4.89. The summed E-state index contributed by atoms with van der Waals surface area (Å²) in [7, 11) is 0. The second-order valence-corrected chi connectivity index (χ2v) is 4.64. The molecule has 0 saturated carbocycles. The van der Waals surface area contributed by atoms with E-state index in [9.17, 15) is 4.79 Å². The van der Waals surface area contributed by atoms with Crippen molar-refractivity contribution in [2.45, 2.75) is 84.0 Å². The number of hydrogen-bond acceptors (Lipinski definition) is 1. The zero-order valence-corrected chi connectivity index (χ0v) is 11.5. The molecule has 0 aliphatic heterocycles. The Kier molecular flexibility index (Phi) is 14.5. The SMILES string of the molecule is CCCCCCC#CCCCCCCCC=O. The molecule has 0 rings (SSSR count). The Bertz CT molecular complexity index is 209. The Morgan fingerprint density at radius 1 is 0.765 bits per heavy atom. The molecule has 0 aliphatic carbocycles. The van der Waals surface area contributed by atoms with Crippen LogP contribution in [0.15, 0.2) is 0 Å². The molecule has 0 aliphatic rings. The van der Waals surface area contributed by atoms with Crippen molar-refractivity contribution in [3.63, 3.8) is 0 Å². The van der Waals surface area contributed by atoms with Gasteiger partial charge in [-0.05, 0) is 19.3 Å². The van der Waals surface area contributed by atoms with E-state index in [0.29, 0.717) is 0 Å². The number of carbonyl (C=O) groups is 1. The third kappa shape index (κ3) is 15.2. The first-order chi connectivity index (χ1) is 8.41. The van der Waals surface area contributed by atoms with E-state index in [1.54, 1.807) is 0 Å². The van der Waals surface area contributed by atoms with Crippen molar-refractivity contribution in [2.75, 3.05) is 0 Å². The number of rotatable bonds is 11. The molecule has 0 heterocycles. The molecule has 1 nitrogen and oxygen atoms in total. The summed E-state index contributed by atoms with van der Waals surface area (Å²) in [6, 6.07) is 0. The van der Waals surface area contributed by atoms with Crippen molar-refractivity contribution >= 4 is 6.29 Å². The van der Waals surface area contributed by atoms with Gasteiger partial charge >= 0.3 is 0 Å². The summed E-state index contributed by atoms with van der Waals surface area (Å²) in [5.74, 6) is 6.52.